The number of para-hydroxylation sites is 1. The number of hydrogen-bond acceptors (Lipinski definition) is 5. The van der Waals surface area contributed by atoms with Gasteiger partial charge in [0.05, 0.1) is 11.4 Å². The highest BCUT2D eigenvalue weighted by atomic mass is 32.2. The summed E-state index contributed by atoms with van der Waals surface area (Å²) in [7, 11) is -1.51. The third kappa shape index (κ3) is 4.69. The number of carbonyl (C=O) groups excluding carboxylic acids is 1. The van der Waals surface area contributed by atoms with Crippen LogP contribution in [-0.4, -0.2) is 63.2 Å². The molecule has 4 rings (SSSR count). The number of carbonyl (C=O) groups is 1. The van der Waals surface area contributed by atoms with Crippen LogP contribution >= 0.6 is 0 Å². The number of likely N-dealkylation sites (N-methyl/N-ethyl adjacent to an activating group) is 1. The Morgan fingerprint density at radius 3 is 2.26 bits per heavy atom. The lowest BCUT2D eigenvalue weighted by Gasteiger charge is -2.33. The lowest BCUT2D eigenvalue weighted by atomic mass is 9.83. The molecule has 0 unspecified atom stereocenters. The number of allylic oxidation sites excluding steroid dienone is 1. The second-order valence-corrected chi connectivity index (χ2v) is 11.7. The molecule has 2 heterocycles. The van der Waals surface area contributed by atoms with Gasteiger partial charge in [0.2, 0.25) is 10.0 Å². The number of ketones is 1. The second kappa shape index (κ2) is 9.64. The van der Waals surface area contributed by atoms with Gasteiger partial charge in [0, 0.05) is 56.1 Å². The van der Waals surface area contributed by atoms with Gasteiger partial charge in [-0.2, -0.15) is 4.31 Å². The summed E-state index contributed by atoms with van der Waals surface area (Å²) >= 11 is 0. The summed E-state index contributed by atoms with van der Waals surface area (Å²) in [6.07, 6.45) is 3.74. The van der Waals surface area contributed by atoms with E-state index in [0.717, 1.165) is 29.8 Å². The molecule has 2 aliphatic heterocycles. The molecule has 0 radical (unpaired) electrons. The van der Waals surface area contributed by atoms with Crippen molar-refractivity contribution in [2.24, 2.45) is 0 Å². The smallest absolute Gasteiger partial charge is 0.243 e. The quantitative estimate of drug-likeness (QED) is 0.563. The van der Waals surface area contributed by atoms with Crippen LogP contribution in [0.2, 0.25) is 0 Å². The summed E-state index contributed by atoms with van der Waals surface area (Å²) < 4.78 is 27.6. The van der Waals surface area contributed by atoms with E-state index in [1.807, 2.05) is 36.2 Å². The first kappa shape index (κ1) is 24.6. The Bertz CT molecular complexity index is 1180. The van der Waals surface area contributed by atoms with Gasteiger partial charge < -0.3 is 4.90 Å². The molecule has 0 spiro atoms. The van der Waals surface area contributed by atoms with Crippen molar-refractivity contribution in [1.82, 2.24) is 9.21 Å². The standard InChI is InChI=1S/C27H35N3O3S/c1-5-8-21-11-13-23(14-12-21)34(32,33)30-17-15-29(16-18-30)20-22(31)19-26-27(2,3)24-9-6-7-10-25(24)28(26)4/h6-7,9-14,19H,5,8,15-18,20H2,1-4H3. The van der Waals surface area contributed by atoms with E-state index in [-0.39, 0.29) is 11.2 Å². The zero-order valence-electron chi connectivity index (χ0n) is 20.6. The first-order valence-corrected chi connectivity index (χ1v) is 13.5. The molecule has 2 aromatic carbocycles. The van der Waals surface area contributed by atoms with Crippen LogP contribution in [0, 0.1) is 0 Å². The van der Waals surface area contributed by atoms with Crippen molar-refractivity contribution < 1.29 is 13.2 Å². The molecule has 0 atom stereocenters. The minimum Gasteiger partial charge on any atom is -0.347 e. The van der Waals surface area contributed by atoms with E-state index in [4.69, 9.17) is 0 Å². The molecule has 0 aromatic heterocycles. The van der Waals surface area contributed by atoms with Crippen LogP contribution in [-0.2, 0) is 26.7 Å². The van der Waals surface area contributed by atoms with Crippen LogP contribution in [0.5, 0.6) is 0 Å². The summed E-state index contributed by atoms with van der Waals surface area (Å²) in [5.41, 5.74) is 4.26. The number of sulfonamides is 1. The van der Waals surface area contributed by atoms with Gasteiger partial charge in [-0.25, -0.2) is 8.42 Å². The number of fused-ring (bicyclic) bond motifs is 1. The molecule has 1 saturated heterocycles. The van der Waals surface area contributed by atoms with Gasteiger partial charge in [0.15, 0.2) is 5.78 Å². The van der Waals surface area contributed by atoms with E-state index in [0.29, 0.717) is 37.6 Å². The van der Waals surface area contributed by atoms with Crippen LogP contribution in [0.3, 0.4) is 0 Å². The highest BCUT2D eigenvalue weighted by Gasteiger charge is 2.38. The Labute approximate surface area is 203 Å². The van der Waals surface area contributed by atoms with Gasteiger partial charge in [-0.15, -0.1) is 0 Å². The third-order valence-electron chi connectivity index (χ3n) is 7.05. The van der Waals surface area contributed by atoms with Gasteiger partial charge in [-0.05, 0) is 35.7 Å². The summed E-state index contributed by atoms with van der Waals surface area (Å²) in [6.45, 7) is 8.56. The van der Waals surface area contributed by atoms with Crippen molar-refractivity contribution in [3.63, 3.8) is 0 Å². The first-order valence-electron chi connectivity index (χ1n) is 12.0. The first-order chi connectivity index (χ1) is 16.1. The molecule has 1 fully saturated rings. The molecule has 2 aliphatic rings. The van der Waals surface area contributed by atoms with E-state index in [9.17, 15) is 13.2 Å². The summed E-state index contributed by atoms with van der Waals surface area (Å²) in [5.74, 6) is 0.0468. The van der Waals surface area contributed by atoms with Crippen LogP contribution in [0.15, 0.2) is 65.2 Å². The highest BCUT2D eigenvalue weighted by Crippen LogP contribution is 2.46. The average molecular weight is 482 g/mol. The largest absolute Gasteiger partial charge is 0.347 e. The SMILES string of the molecule is CCCc1ccc(S(=O)(=O)N2CCN(CC(=O)C=C3N(C)c4ccccc4C3(C)C)CC2)cc1. The second-order valence-electron chi connectivity index (χ2n) is 9.77. The average Bonchev–Trinajstić information content (AvgIpc) is 3.01. The Balaban J connectivity index is 1.37. The predicted octanol–water partition coefficient (Wildman–Crippen LogP) is 3.83. The van der Waals surface area contributed by atoms with Gasteiger partial charge in [0.25, 0.3) is 0 Å². The molecular formula is C27H35N3O3S. The fourth-order valence-corrected chi connectivity index (χ4v) is 6.49. The van der Waals surface area contributed by atoms with Gasteiger partial charge in [0.1, 0.15) is 0 Å². The predicted molar refractivity (Wildman–Crippen MR) is 137 cm³/mol. The van der Waals surface area contributed by atoms with Crippen molar-refractivity contribution in [1.29, 1.82) is 0 Å². The van der Waals surface area contributed by atoms with E-state index in [2.05, 4.69) is 37.8 Å². The van der Waals surface area contributed by atoms with E-state index in [1.165, 1.54) is 9.87 Å². The van der Waals surface area contributed by atoms with Crippen molar-refractivity contribution >= 4 is 21.5 Å². The zero-order valence-corrected chi connectivity index (χ0v) is 21.4. The molecule has 7 heteroatoms. The molecule has 2 aromatic rings. The number of anilines is 1. The summed E-state index contributed by atoms with van der Waals surface area (Å²) in [6, 6.07) is 15.5. The normalized spacial score (nSPS) is 20.0. The lowest BCUT2D eigenvalue weighted by molar-refractivity contribution is -0.116. The van der Waals surface area contributed by atoms with Crippen molar-refractivity contribution in [3.8, 4) is 0 Å². The van der Waals surface area contributed by atoms with E-state index < -0.39 is 10.0 Å². The maximum atomic E-state index is 13.1. The topological polar surface area (TPSA) is 60.9 Å². The fraction of sp³-hybridized carbons (Fsp3) is 0.444. The van der Waals surface area contributed by atoms with Gasteiger partial charge >= 0.3 is 0 Å². The lowest BCUT2D eigenvalue weighted by Crippen LogP contribution is -2.49. The number of aryl methyl sites for hydroxylation is 1. The van der Waals surface area contributed by atoms with Crippen LogP contribution in [0.25, 0.3) is 0 Å². The molecule has 0 amide bonds. The number of nitrogens with zero attached hydrogens (tertiary/aromatic N) is 3. The number of rotatable bonds is 7. The minimum atomic E-state index is -3.51. The summed E-state index contributed by atoms with van der Waals surface area (Å²) in [4.78, 5) is 17.4. The Hall–Kier alpha value is -2.48. The third-order valence-corrected chi connectivity index (χ3v) is 8.96. The molecular weight excluding hydrogens is 446 g/mol. The van der Waals surface area contributed by atoms with Crippen molar-refractivity contribution in [3.05, 3.63) is 71.4 Å². The maximum Gasteiger partial charge on any atom is 0.243 e. The Morgan fingerprint density at radius 2 is 1.65 bits per heavy atom. The molecule has 0 saturated carbocycles. The van der Waals surface area contributed by atoms with Crippen LogP contribution in [0.4, 0.5) is 5.69 Å². The summed E-state index contributed by atoms with van der Waals surface area (Å²) in [5, 5.41) is 0. The van der Waals surface area contributed by atoms with Gasteiger partial charge in [-0.3, -0.25) is 9.69 Å². The molecule has 6 nitrogen and oxygen atoms in total. The van der Waals surface area contributed by atoms with E-state index in [1.54, 1.807) is 18.2 Å². The number of benzene rings is 2. The van der Waals surface area contributed by atoms with Crippen LogP contribution < -0.4 is 4.90 Å². The van der Waals surface area contributed by atoms with Crippen molar-refractivity contribution in [2.75, 3.05) is 44.7 Å². The maximum absolute atomic E-state index is 13.1. The number of piperazine rings is 1. The molecule has 0 N–H and O–H groups in total. The van der Waals surface area contributed by atoms with Crippen LogP contribution in [0.1, 0.15) is 38.3 Å². The molecule has 0 aliphatic carbocycles. The zero-order chi connectivity index (χ0) is 24.5. The molecule has 182 valence electrons. The molecule has 34 heavy (non-hydrogen) atoms. The fourth-order valence-electron chi connectivity index (χ4n) is 5.07. The molecule has 0 bridgehead atoms. The Kier molecular flexibility index (Phi) is 6.99. The monoisotopic (exact) mass is 481 g/mol. The van der Waals surface area contributed by atoms with E-state index >= 15 is 0 Å². The minimum absolute atomic E-state index is 0.0468. The number of hydrogen-bond donors (Lipinski definition) is 0. The van der Waals surface area contributed by atoms with Crippen molar-refractivity contribution in [2.45, 2.75) is 43.9 Å². The van der Waals surface area contributed by atoms with Gasteiger partial charge in [-0.1, -0.05) is 57.5 Å². The highest BCUT2D eigenvalue weighted by molar-refractivity contribution is 7.89. The Morgan fingerprint density at radius 1 is 1.00 bits per heavy atom.